The summed E-state index contributed by atoms with van der Waals surface area (Å²) in [4.78, 5) is 7.36. The highest BCUT2D eigenvalue weighted by Crippen LogP contribution is 2.25. The molecule has 0 aromatic carbocycles. The molecule has 0 aliphatic carbocycles. The molecule has 2 N–H and O–H groups in total. The van der Waals surface area contributed by atoms with Crippen LogP contribution in [0.25, 0.3) is 0 Å². The first-order valence-corrected chi connectivity index (χ1v) is 10.1. The maximum Gasteiger partial charge on any atom is 0.191 e. The maximum absolute atomic E-state index is 5.71. The van der Waals surface area contributed by atoms with Gasteiger partial charge in [-0.15, -0.1) is 0 Å². The number of piperidine rings is 1. The van der Waals surface area contributed by atoms with Crippen LogP contribution in [0.4, 0.5) is 0 Å². The molecular formula is C20H36N4O2. The van der Waals surface area contributed by atoms with E-state index in [1.165, 1.54) is 25.7 Å². The first-order valence-electron chi connectivity index (χ1n) is 10.1. The van der Waals surface area contributed by atoms with Crippen molar-refractivity contribution in [2.75, 3.05) is 46.4 Å². The zero-order chi connectivity index (χ0) is 18.5. The number of likely N-dealkylation sites (tertiary alicyclic amines) is 1. The molecule has 1 aliphatic heterocycles. The molecule has 1 aromatic rings. The molecule has 148 valence electrons. The van der Waals surface area contributed by atoms with Gasteiger partial charge in [-0.05, 0) is 64.3 Å². The third-order valence-corrected chi connectivity index (χ3v) is 4.79. The Bertz CT molecular complexity index is 484. The summed E-state index contributed by atoms with van der Waals surface area (Å²) in [5.41, 5.74) is 0. The van der Waals surface area contributed by atoms with Gasteiger partial charge >= 0.3 is 0 Å². The molecule has 0 bridgehead atoms. The predicted octanol–water partition coefficient (Wildman–Crippen LogP) is 3.18. The van der Waals surface area contributed by atoms with E-state index in [1.54, 1.807) is 13.4 Å². The minimum atomic E-state index is 0.224. The van der Waals surface area contributed by atoms with Gasteiger partial charge in [-0.2, -0.15) is 0 Å². The fourth-order valence-electron chi connectivity index (χ4n) is 3.37. The van der Waals surface area contributed by atoms with Crippen LogP contribution < -0.4 is 10.6 Å². The Labute approximate surface area is 158 Å². The smallest absolute Gasteiger partial charge is 0.191 e. The van der Waals surface area contributed by atoms with Crippen molar-refractivity contribution in [2.45, 2.75) is 51.5 Å². The van der Waals surface area contributed by atoms with Crippen molar-refractivity contribution in [1.29, 1.82) is 0 Å². The Morgan fingerprint density at radius 2 is 2.08 bits per heavy atom. The van der Waals surface area contributed by atoms with Gasteiger partial charge in [0.25, 0.3) is 0 Å². The number of hydrogen-bond acceptors (Lipinski definition) is 4. The lowest BCUT2D eigenvalue weighted by molar-refractivity contribution is 0.150. The van der Waals surface area contributed by atoms with Crippen molar-refractivity contribution in [3.05, 3.63) is 24.2 Å². The Kier molecular flexibility index (Phi) is 10.2. The Morgan fingerprint density at radius 1 is 1.23 bits per heavy atom. The van der Waals surface area contributed by atoms with Crippen molar-refractivity contribution in [3.8, 4) is 0 Å². The van der Waals surface area contributed by atoms with Crippen molar-refractivity contribution in [3.63, 3.8) is 0 Å². The first kappa shape index (κ1) is 20.8. The fourth-order valence-corrected chi connectivity index (χ4v) is 3.37. The molecule has 1 aromatic heterocycles. The van der Waals surface area contributed by atoms with E-state index in [0.717, 1.165) is 57.3 Å². The van der Waals surface area contributed by atoms with Crippen LogP contribution in [0.1, 0.15) is 57.3 Å². The summed E-state index contributed by atoms with van der Waals surface area (Å²) in [6, 6.07) is 4.27. The minimum absolute atomic E-state index is 0.224. The van der Waals surface area contributed by atoms with Crippen molar-refractivity contribution in [2.24, 2.45) is 4.99 Å². The average molecular weight is 365 g/mol. The van der Waals surface area contributed by atoms with Gasteiger partial charge in [-0.1, -0.05) is 6.42 Å². The lowest BCUT2D eigenvalue weighted by Crippen LogP contribution is -2.39. The number of methoxy groups -OCH3 is 1. The number of ether oxygens (including phenoxy) is 1. The van der Waals surface area contributed by atoms with Crippen molar-refractivity contribution < 1.29 is 9.15 Å². The Hall–Kier alpha value is -1.53. The van der Waals surface area contributed by atoms with Crippen molar-refractivity contribution in [1.82, 2.24) is 15.5 Å². The van der Waals surface area contributed by atoms with E-state index in [9.17, 15) is 0 Å². The molecule has 0 radical (unpaired) electrons. The number of nitrogens with zero attached hydrogens (tertiary/aromatic N) is 2. The van der Waals surface area contributed by atoms with Crippen LogP contribution in [0.3, 0.4) is 0 Å². The van der Waals surface area contributed by atoms with Crippen LogP contribution in [-0.2, 0) is 4.74 Å². The van der Waals surface area contributed by atoms with Gasteiger partial charge in [0, 0.05) is 26.8 Å². The minimum Gasteiger partial charge on any atom is -0.468 e. The van der Waals surface area contributed by atoms with Crippen LogP contribution in [0, 0.1) is 0 Å². The normalized spacial score (nSPS) is 17.2. The highest BCUT2D eigenvalue weighted by molar-refractivity contribution is 5.79. The molecule has 2 rings (SSSR count). The lowest BCUT2D eigenvalue weighted by Gasteiger charge is -2.32. The van der Waals surface area contributed by atoms with E-state index in [2.05, 4.69) is 28.5 Å². The molecule has 0 amide bonds. The third kappa shape index (κ3) is 7.38. The van der Waals surface area contributed by atoms with Gasteiger partial charge in [0.05, 0.1) is 18.8 Å². The second kappa shape index (κ2) is 12.8. The van der Waals surface area contributed by atoms with Gasteiger partial charge in [0.1, 0.15) is 5.76 Å². The Balaban J connectivity index is 1.88. The van der Waals surface area contributed by atoms with Gasteiger partial charge in [0.2, 0.25) is 0 Å². The van der Waals surface area contributed by atoms with Gasteiger partial charge in [0.15, 0.2) is 5.96 Å². The molecule has 6 nitrogen and oxygen atoms in total. The fraction of sp³-hybridized carbons (Fsp3) is 0.750. The largest absolute Gasteiger partial charge is 0.468 e. The van der Waals surface area contributed by atoms with Crippen molar-refractivity contribution >= 4 is 5.96 Å². The second-order valence-electron chi connectivity index (χ2n) is 6.83. The third-order valence-electron chi connectivity index (χ3n) is 4.79. The molecule has 1 unspecified atom stereocenters. The van der Waals surface area contributed by atoms with E-state index >= 15 is 0 Å². The maximum atomic E-state index is 5.71. The molecule has 26 heavy (non-hydrogen) atoms. The molecule has 1 atom stereocenters. The highest BCUT2D eigenvalue weighted by Gasteiger charge is 2.24. The molecular weight excluding hydrogens is 328 g/mol. The lowest BCUT2D eigenvalue weighted by atomic mass is 10.1. The number of aliphatic imine (C=N–C) groups is 1. The summed E-state index contributed by atoms with van der Waals surface area (Å²) in [6.07, 6.45) is 9.03. The standard InChI is InChI=1S/C20H36N4O2/c1-3-21-20(22-12-6-4-9-15-25-2)23-17-18(19-11-10-16-26-19)24-13-7-5-8-14-24/h10-11,16,18H,3-9,12-15,17H2,1-2H3,(H2,21,22,23). The molecule has 1 saturated heterocycles. The van der Waals surface area contributed by atoms with E-state index < -0.39 is 0 Å². The van der Waals surface area contributed by atoms with E-state index in [1.807, 2.05) is 6.07 Å². The molecule has 1 fully saturated rings. The van der Waals surface area contributed by atoms with Crippen LogP contribution >= 0.6 is 0 Å². The Morgan fingerprint density at radius 3 is 2.77 bits per heavy atom. The zero-order valence-electron chi connectivity index (χ0n) is 16.5. The van der Waals surface area contributed by atoms with Gasteiger partial charge in [-0.3, -0.25) is 9.89 Å². The number of guanidine groups is 1. The highest BCUT2D eigenvalue weighted by atomic mass is 16.5. The molecule has 0 spiro atoms. The SMILES string of the molecule is CCNC(=NCC(c1ccco1)N1CCCCC1)NCCCCCOC. The summed E-state index contributed by atoms with van der Waals surface area (Å²) >= 11 is 0. The van der Waals surface area contributed by atoms with E-state index in [4.69, 9.17) is 14.1 Å². The molecule has 0 saturated carbocycles. The zero-order valence-corrected chi connectivity index (χ0v) is 16.5. The molecule has 2 heterocycles. The monoisotopic (exact) mass is 364 g/mol. The van der Waals surface area contributed by atoms with Crippen LogP contribution in [0.5, 0.6) is 0 Å². The second-order valence-corrected chi connectivity index (χ2v) is 6.83. The molecule has 1 aliphatic rings. The number of hydrogen-bond donors (Lipinski definition) is 2. The number of unbranched alkanes of at least 4 members (excludes halogenated alkanes) is 2. The van der Waals surface area contributed by atoms with Crippen LogP contribution in [0.15, 0.2) is 27.8 Å². The quantitative estimate of drug-likeness (QED) is 0.359. The number of rotatable bonds is 11. The predicted molar refractivity (Wildman–Crippen MR) is 107 cm³/mol. The summed E-state index contributed by atoms with van der Waals surface area (Å²) in [7, 11) is 1.76. The summed E-state index contributed by atoms with van der Waals surface area (Å²) in [5.74, 6) is 1.92. The van der Waals surface area contributed by atoms with E-state index in [-0.39, 0.29) is 6.04 Å². The topological polar surface area (TPSA) is 62.0 Å². The molecule has 6 heteroatoms. The number of nitrogens with one attached hydrogen (secondary N) is 2. The van der Waals surface area contributed by atoms with Crippen LogP contribution in [0.2, 0.25) is 0 Å². The first-order chi connectivity index (χ1) is 12.8. The van der Waals surface area contributed by atoms with E-state index in [0.29, 0.717) is 6.54 Å². The van der Waals surface area contributed by atoms with Crippen LogP contribution in [-0.4, -0.2) is 57.3 Å². The summed E-state index contributed by atoms with van der Waals surface area (Å²) in [5, 5.41) is 6.80. The average Bonchev–Trinajstić information content (AvgIpc) is 3.20. The summed E-state index contributed by atoms with van der Waals surface area (Å²) in [6.45, 7) is 7.72. The van der Waals surface area contributed by atoms with Gasteiger partial charge in [-0.25, -0.2) is 0 Å². The summed E-state index contributed by atoms with van der Waals surface area (Å²) < 4.78 is 10.8. The van der Waals surface area contributed by atoms with Gasteiger partial charge < -0.3 is 19.8 Å². The number of furan rings is 1.